The fourth-order valence-electron chi connectivity index (χ4n) is 1.80. The van der Waals surface area contributed by atoms with E-state index in [1.54, 1.807) is 31.4 Å². The first-order chi connectivity index (χ1) is 11.1. The van der Waals surface area contributed by atoms with Gasteiger partial charge in [0.2, 0.25) is 0 Å². The van der Waals surface area contributed by atoms with Gasteiger partial charge in [-0.15, -0.1) is 0 Å². The van der Waals surface area contributed by atoms with E-state index in [-0.39, 0.29) is 17.4 Å². The van der Waals surface area contributed by atoms with Crippen molar-refractivity contribution in [3.8, 4) is 0 Å². The van der Waals surface area contributed by atoms with E-state index in [1.165, 1.54) is 19.3 Å². The van der Waals surface area contributed by atoms with E-state index in [1.807, 2.05) is 0 Å². The van der Waals surface area contributed by atoms with Crippen molar-refractivity contribution in [2.24, 2.45) is 0 Å². The fraction of sp³-hybridized carbons (Fsp3) is 0.250. The van der Waals surface area contributed by atoms with Crippen molar-refractivity contribution >= 4 is 23.2 Å². The molecule has 0 atom stereocenters. The third-order valence-corrected chi connectivity index (χ3v) is 3.04. The Morgan fingerprint density at radius 3 is 2.43 bits per heavy atom. The first kappa shape index (κ1) is 16.6. The zero-order valence-electron chi connectivity index (χ0n) is 13.0. The first-order valence-corrected chi connectivity index (χ1v) is 7.07. The molecule has 1 aromatic heterocycles. The van der Waals surface area contributed by atoms with Crippen LogP contribution in [0.5, 0.6) is 0 Å². The SMILES string of the molecule is COCCNC(=O)c1cnc(Nc2ccc(C(C)=O)cc2)cn1. The molecule has 0 aliphatic rings. The lowest BCUT2D eigenvalue weighted by Crippen LogP contribution is -2.27. The Kier molecular flexibility index (Phi) is 5.76. The number of benzene rings is 1. The lowest BCUT2D eigenvalue weighted by atomic mass is 10.1. The highest BCUT2D eigenvalue weighted by Gasteiger charge is 2.07. The van der Waals surface area contributed by atoms with Crippen LogP contribution < -0.4 is 10.6 Å². The van der Waals surface area contributed by atoms with Gasteiger partial charge in [-0.3, -0.25) is 9.59 Å². The van der Waals surface area contributed by atoms with Crippen LogP contribution in [0.25, 0.3) is 0 Å². The molecule has 0 spiro atoms. The van der Waals surface area contributed by atoms with E-state index in [9.17, 15) is 9.59 Å². The van der Waals surface area contributed by atoms with Crippen molar-refractivity contribution in [2.75, 3.05) is 25.6 Å². The van der Waals surface area contributed by atoms with Crippen LogP contribution in [-0.4, -0.2) is 41.9 Å². The molecule has 0 saturated heterocycles. The van der Waals surface area contributed by atoms with Crippen LogP contribution in [0, 0.1) is 0 Å². The molecule has 0 aliphatic heterocycles. The molecule has 0 aliphatic carbocycles. The molecule has 1 heterocycles. The number of ketones is 1. The second-order valence-electron chi connectivity index (χ2n) is 4.79. The summed E-state index contributed by atoms with van der Waals surface area (Å²) >= 11 is 0. The van der Waals surface area contributed by atoms with Crippen LogP contribution in [0.1, 0.15) is 27.8 Å². The number of nitrogens with zero attached hydrogens (tertiary/aromatic N) is 2. The maximum absolute atomic E-state index is 11.8. The largest absolute Gasteiger partial charge is 0.383 e. The average molecular weight is 314 g/mol. The number of hydrogen-bond donors (Lipinski definition) is 2. The number of rotatable bonds is 7. The summed E-state index contributed by atoms with van der Waals surface area (Å²) in [5.74, 6) is 0.223. The van der Waals surface area contributed by atoms with Gasteiger partial charge in [0.05, 0.1) is 19.0 Å². The van der Waals surface area contributed by atoms with Gasteiger partial charge in [-0.05, 0) is 31.2 Å². The van der Waals surface area contributed by atoms with Crippen molar-refractivity contribution < 1.29 is 14.3 Å². The van der Waals surface area contributed by atoms with Crippen LogP contribution in [0.3, 0.4) is 0 Å². The van der Waals surface area contributed by atoms with E-state index in [4.69, 9.17) is 4.74 Å². The van der Waals surface area contributed by atoms with Crippen LogP contribution in [0.15, 0.2) is 36.7 Å². The van der Waals surface area contributed by atoms with Crippen LogP contribution in [0.4, 0.5) is 11.5 Å². The van der Waals surface area contributed by atoms with Gasteiger partial charge in [0.25, 0.3) is 5.91 Å². The number of methoxy groups -OCH3 is 1. The summed E-state index contributed by atoms with van der Waals surface area (Å²) in [5, 5.41) is 5.72. The van der Waals surface area contributed by atoms with E-state index < -0.39 is 0 Å². The molecule has 2 rings (SSSR count). The molecule has 0 saturated carbocycles. The maximum Gasteiger partial charge on any atom is 0.271 e. The fourth-order valence-corrected chi connectivity index (χ4v) is 1.80. The zero-order chi connectivity index (χ0) is 16.7. The Bertz CT molecular complexity index is 669. The number of ether oxygens (including phenoxy) is 1. The first-order valence-electron chi connectivity index (χ1n) is 7.07. The molecule has 7 heteroatoms. The van der Waals surface area contributed by atoms with Crippen molar-refractivity contribution in [1.82, 2.24) is 15.3 Å². The Morgan fingerprint density at radius 2 is 1.87 bits per heavy atom. The second-order valence-corrected chi connectivity index (χ2v) is 4.79. The standard InChI is InChI=1S/C16H18N4O3/c1-11(21)12-3-5-13(6-4-12)20-15-10-18-14(9-19-15)16(22)17-7-8-23-2/h3-6,9-10H,7-8H2,1-2H3,(H,17,22)(H,19,20). The summed E-state index contributed by atoms with van der Waals surface area (Å²) in [4.78, 5) is 31.2. The van der Waals surface area contributed by atoms with Crippen molar-refractivity contribution in [1.29, 1.82) is 0 Å². The quantitative estimate of drug-likeness (QED) is 0.598. The van der Waals surface area contributed by atoms with Gasteiger partial charge < -0.3 is 15.4 Å². The van der Waals surface area contributed by atoms with Gasteiger partial charge in [0, 0.05) is 24.9 Å². The highest BCUT2D eigenvalue weighted by Crippen LogP contribution is 2.14. The summed E-state index contributed by atoms with van der Waals surface area (Å²) in [5.41, 5.74) is 1.66. The Hall–Kier alpha value is -2.80. The number of Topliss-reactive ketones (excluding diaryl/α,β-unsaturated/α-hetero) is 1. The van der Waals surface area contributed by atoms with E-state index >= 15 is 0 Å². The highest BCUT2D eigenvalue weighted by atomic mass is 16.5. The summed E-state index contributed by atoms with van der Waals surface area (Å²) in [6, 6.07) is 7.03. The van der Waals surface area contributed by atoms with E-state index in [2.05, 4.69) is 20.6 Å². The minimum Gasteiger partial charge on any atom is -0.383 e. The predicted molar refractivity (Wildman–Crippen MR) is 86.0 cm³/mol. The van der Waals surface area contributed by atoms with Gasteiger partial charge in [0.1, 0.15) is 11.5 Å². The molecule has 0 unspecified atom stereocenters. The lowest BCUT2D eigenvalue weighted by molar-refractivity contribution is 0.0931. The molecule has 0 radical (unpaired) electrons. The monoisotopic (exact) mass is 314 g/mol. The maximum atomic E-state index is 11.8. The Labute approximate surface area is 134 Å². The predicted octanol–water partition coefficient (Wildman–Crippen LogP) is 1.80. The minimum absolute atomic E-state index is 0.0141. The molecular weight excluding hydrogens is 296 g/mol. The van der Waals surface area contributed by atoms with Crippen LogP contribution in [0.2, 0.25) is 0 Å². The van der Waals surface area contributed by atoms with Gasteiger partial charge in [-0.25, -0.2) is 9.97 Å². The van der Waals surface area contributed by atoms with E-state index in [0.717, 1.165) is 5.69 Å². The number of aromatic nitrogens is 2. The number of hydrogen-bond acceptors (Lipinski definition) is 6. The number of amides is 1. The molecule has 1 aromatic carbocycles. The van der Waals surface area contributed by atoms with E-state index in [0.29, 0.717) is 24.5 Å². The van der Waals surface area contributed by atoms with Crippen molar-refractivity contribution in [2.45, 2.75) is 6.92 Å². The molecule has 120 valence electrons. The molecule has 7 nitrogen and oxygen atoms in total. The second kappa shape index (κ2) is 8.00. The summed E-state index contributed by atoms with van der Waals surface area (Å²) in [7, 11) is 1.56. The Balaban J connectivity index is 1.96. The molecule has 23 heavy (non-hydrogen) atoms. The molecule has 0 bridgehead atoms. The average Bonchev–Trinajstić information content (AvgIpc) is 2.56. The van der Waals surface area contributed by atoms with Crippen LogP contribution in [-0.2, 0) is 4.74 Å². The molecule has 2 aromatic rings. The minimum atomic E-state index is -0.299. The number of carbonyl (C=O) groups is 2. The molecule has 0 fully saturated rings. The number of carbonyl (C=O) groups excluding carboxylic acids is 2. The molecule has 1 amide bonds. The third kappa shape index (κ3) is 4.86. The number of nitrogens with one attached hydrogen (secondary N) is 2. The number of anilines is 2. The zero-order valence-corrected chi connectivity index (χ0v) is 13.0. The summed E-state index contributed by atoms with van der Waals surface area (Å²) < 4.78 is 4.85. The highest BCUT2D eigenvalue weighted by molar-refractivity contribution is 5.94. The van der Waals surface area contributed by atoms with Gasteiger partial charge in [0.15, 0.2) is 5.78 Å². The van der Waals surface area contributed by atoms with Crippen molar-refractivity contribution in [3.63, 3.8) is 0 Å². The third-order valence-electron chi connectivity index (χ3n) is 3.04. The topological polar surface area (TPSA) is 93.2 Å². The summed E-state index contributed by atoms with van der Waals surface area (Å²) in [6.07, 6.45) is 2.87. The molecule has 2 N–H and O–H groups in total. The molecular formula is C16H18N4O3. The summed E-state index contributed by atoms with van der Waals surface area (Å²) in [6.45, 7) is 2.37. The van der Waals surface area contributed by atoms with Crippen LogP contribution >= 0.6 is 0 Å². The lowest BCUT2D eigenvalue weighted by Gasteiger charge is -2.07. The normalized spacial score (nSPS) is 10.2. The smallest absolute Gasteiger partial charge is 0.271 e. The van der Waals surface area contributed by atoms with Gasteiger partial charge >= 0.3 is 0 Å². The Morgan fingerprint density at radius 1 is 1.13 bits per heavy atom. The van der Waals surface area contributed by atoms with Crippen molar-refractivity contribution in [3.05, 3.63) is 47.9 Å². The van der Waals surface area contributed by atoms with Gasteiger partial charge in [-0.1, -0.05) is 0 Å². The van der Waals surface area contributed by atoms with Gasteiger partial charge in [-0.2, -0.15) is 0 Å².